The second-order valence-corrected chi connectivity index (χ2v) is 8.51. The molecule has 0 bridgehead atoms. The number of aromatic amines is 1. The van der Waals surface area contributed by atoms with Crippen molar-refractivity contribution in [2.24, 2.45) is 0 Å². The lowest BCUT2D eigenvalue weighted by atomic mass is 10.1. The van der Waals surface area contributed by atoms with Gasteiger partial charge in [0.1, 0.15) is 11.4 Å². The van der Waals surface area contributed by atoms with E-state index in [2.05, 4.69) is 21.7 Å². The molecular formula is C28H26ClN3O3. The van der Waals surface area contributed by atoms with E-state index in [9.17, 15) is 9.59 Å². The molecule has 0 aliphatic carbocycles. The average molecular weight is 488 g/mol. The van der Waals surface area contributed by atoms with E-state index in [0.29, 0.717) is 29.3 Å². The van der Waals surface area contributed by atoms with Crippen LogP contribution in [0.2, 0.25) is 5.02 Å². The molecule has 0 spiro atoms. The number of amides is 2. The summed E-state index contributed by atoms with van der Waals surface area (Å²) in [5.41, 5.74) is 4.60. The molecule has 0 aliphatic rings. The third kappa shape index (κ3) is 5.91. The number of carbonyl (C=O) groups is 2. The van der Waals surface area contributed by atoms with Gasteiger partial charge < -0.3 is 20.4 Å². The fraction of sp³-hybridized carbons (Fsp3) is 0.143. The molecule has 4 aromatic rings. The number of para-hydroxylation sites is 1. The molecule has 3 aromatic carbocycles. The summed E-state index contributed by atoms with van der Waals surface area (Å²) in [6.45, 7) is 2.44. The van der Waals surface area contributed by atoms with Gasteiger partial charge in [-0.1, -0.05) is 41.9 Å². The Balaban J connectivity index is 1.50. The van der Waals surface area contributed by atoms with Crippen molar-refractivity contribution in [3.63, 3.8) is 0 Å². The Bertz CT molecular complexity index is 1370. The van der Waals surface area contributed by atoms with Crippen LogP contribution in [0.4, 0.5) is 0 Å². The van der Waals surface area contributed by atoms with Gasteiger partial charge >= 0.3 is 0 Å². The number of ether oxygens (including phenoxy) is 1. The molecule has 178 valence electrons. The fourth-order valence-electron chi connectivity index (χ4n) is 3.87. The number of rotatable bonds is 8. The molecule has 2 amide bonds. The number of aromatic nitrogens is 1. The average Bonchev–Trinajstić information content (AvgIpc) is 3.19. The van der Waals surface area contributed by atoms with Crippen LogP contribution in [0, 0.1) is 6.92 Å². The van der Waals surface area contributed by atoms with E-state index in [4.69, 9.17) is 16.3 Å². The minimum absolute atomic E-state index is 0.142. The number of benzene rings is 3. The third-order valence-electron chi connectivity index (χ3n) is 5.71. The zero-order chi connectivity index (χ0) is 24.8. The zero-order valence-corrected chi connectivity index (χ0v) is 20.3. The molecular weight excluding hydrogens is 462 g/mol. The van der Waals surface area contributed by atoms with Gasteiger partial charge in [-0.05, 0) is 73.0 Å². The summed E-state index contributed by atoms with van der Waals surface area (Å²) in [6.07, 6.45) is 2.28. The van der Waals surface area contributed by atoms with Crippen LogP contribution < -0.4 is 15.4 Å². The number of hydrogen-bond acceptors (Lipinski definition) is 3. The van der Waals surface area contributed by atoms with Gasteiger partial charge in [-0.2, -0.15) is 0 Å². The van der Waals surface area contributed by atoms with Crippen LogP contribution in [-0.2, 0) is 11.2 Å². The monoisotopic (exact) mass is 487 g/mol. The molecule has 0 saturated heterocycles. The Morgan fingerprint density at radius 1 is 1.00 bits per heavy atom. The van der Waals surface area contributed by atoms with Crippen LogP contribution >= 0.6 is 11.6 Å². The molecule has 0 aliphatic heterocycles. The van der Waals surface area contributed by atoms with Gasteiger partial charge in [0.15, 0.2) is 0 Å². The smallest absolute Gasteiger partial charge is 0.267 e. The summed E-state index contributed by atoms with van der Waals surface area (Å²) < 4.78 is 5.15. The first-order valence-electron chi connectivity index (χ1n) is 11.2. The molecule has 7 heteroatoms. The summed E-state index contributed by atoms with van der Waals surface area (Å²) in [5.74, 6) is -0.126. The number of hydrogen-bond donors (Lipinski definition) is 3. The summed E-state index contributed by atoms with van der Waals surface area (Å²) in [7, 11) is 1.56. The van der Waals surface area contributed by atoms with E-state index in [1.165, 1.54) is 0 Å². The molecule has 3 N–H and O–H groups in total. The van der Waals surface area contributed by atoms with Crippen LogP contribution in [0.3, 0.4) is 0 Å². The van der Waals surface area contributed by atoms with E-state index < -0.39 is 5.91 Å². The summed E-state index contributed by atoms with van der Waals surface area (Å²) in [4.78, 5) is 29.3. The number of methoxy groups -OCH3 is 1. The van der Waals surface area contributed by atoms with Gasteiger partial charge in [-0.3, -0.25) is 9.59 Å². The standard InChI is InChI=1S/C28H26ClN3O3/c1-18-23(24-5-3-4-6-25(24)31-18)15-16-30-28(34)26(17-19-7-11-21(29)12-8-19)32-27(33)20-9-13-22(35-2)14-10-20/h3-14,17,31H,15-16H2,1-2H3,(H,30,34)(H,32,33). The van der Waals surface area contributed by atoms with Gasteiger partial charge in [-0.25, -0.2) is 0 Å². The Morgan fingerprint density at radius 2 is 1.71 bits per heavy atom. The highest BCUT2D eigenvalue weighted by atomic mass is 35.5. The lowest BCUT2D eigenvalue weighted by molar-refractivity contribution is -0.117. The quantitative estimate of drug-likeness (QED) is 0.296. The maximum atomic E-state index is 13.1. The minimum Gasteiger partial charge on any atom is -0.497 e. The topological polar surface area (TPSA) is 83.2 Å². The first-order chi connectivity index (χ1) is 16.9. The highest BCUT2D eigenvalue weighted by molar-refractivity contribution is 6.30. The molecule has 0 fully saturated rings. The van der Waals surface area contributed by atoms with Gasteiger partial charge in [-0.15, -0.1) is 0 Å². The molecule has 1 heterocycles. The molecule has 0 atom stereocenters. The SMILES string of the molecule is COc1ccc(C(=O)NC(=Cc2ccc(Cl)cc2)C(=O)NCCc2c(C)[nH]c3ccccc23)cc1. The molecule has 0 unspecified atom stereocenters. The number of nitrogens with one attached hydrogen (secondary N) is 3. The van der Waals surface area contributed by atoms with Crippen LogP contribution in [0.1, 0.15) is 27.2 Å². The van der Waals surface area contributed by atoms with Gasteiger partial charge in [0, 0.05) is 33.7 Å². The van der Waals surface area contributed by atoms with E-state index in [-0.39, 0.29) is 11.6 Å². The number of halogens is 1. The zero-order valence-electron chi connectivity index (χ0n) is 19.5. The highest BCUT2D eigenvalue weighted by Gasteiger charge is 2.16. The number of fused-ring (bicyclic) bond motifs is 1. The van der Waals surface area contributed by atoms with Gasteiger partial charge in [0.2, 0.25) is 0 Å². The van der Waals surface area contributed by atoms with E-state index in [0.717, 1.165) is 27.7 Å². The van der Waals surface area contributed by atoms with E-state index in [1.54, 1.807) is 61.7 Å². The van der Waals surface area contributed by atoms with Crippen LogP contribution in [0.15, 0.2) is 78.5 Å². The lowest BCUT2D eigenvalue weighted by Gasteiger charge is -2.12. The van der Waals surface area contributed by atoms with Crippen molar-refractivity contribution in [1.82, 2.24) is 15.6 Å². The number of H-pyrrole nitrogens is 1. The Morgan fingerprint density at radius 3 is 2.43 bits per heavy atom. The molecule has 6 nitrogen and oxygen atoms in total. The molecule has 0 radical (unpaired) electrons. The Labute approximate surface area is 209 Å². The van der Waals surface area contributed by atoms with Crippen molar-refractivity contribution in [3.8, 4) is 5.75 Å². The van der Waals surface area contributed by atoms with Crippen LogP contribution in [0.25, 0.3) is 17.0 Å². The largest absolute Gasteiger partial charge is 0.497 e. The van der Waals surface area contributed by atoms with Crippen molar-refractivity contribution in [2.45, 2.75) is 13.3 Å². The van der Waals surface area contributed by atoms with E-state index in [1.807, 2.05) is 25.1 Å². The second-order valence-electron chi connectivity index (χ2n) is 8.07. The molecule has 1 aromatic heterocycles. The van der Waals surface area contributed by atoms with Crippen LogP contribution in [-0.4, -0.2) is 30.5 Å². The summed E-state index contributed by atoms with van der Waals surface area (Å²) in [6, 6.07) is 21.8. The molecule has 35 heavy (non-hydrogen) atoms. The Hall–Kier alpha value is -4.03. The highest BCUT2D eigenvalue weighted by Crippen LogP contribution is 2.22. The van der Waals surface area contributed by atoms with Crippen LogP contribution in [0.5, 0.6) is 5.75 Å². The predicted molar refractivity (Wildman–Crippen MR) is 140 cm³/mol. The molecule has 0 saturated carbocycles. The normalized spacial score (nSPS) is 11.3. The van der Waals surface area contributed by atoms with Crippen molar-refractivity contribution < 1.29 is 14.3 Å². The summed E-state index contributed by atoms with van der Waals surface area (Å²) >= 11 is 5.99. The third-order valence-corrected chi connectivity index (χ3v) is 5.97. The van der Waals surface area contributed by atoms with Crippen molar-refractivity contribution in [1.29, 1.82) is 0 Å². The summed E-state index contributed by atoms with van der Waals surface area (Å²) in [5, 5.41) is 7.42. The van der Waals surface area contributed by atoms with Crippen molar-refractivity contribution >= 4 is 40.4 Å². The maximum Gasteiger partial charge on any atom is 0.267 e. The second kappa shape index (κ2) is 10.9. The molecule has 4 rings (SSSR count). The van der Waals surface area contributed by atoms with Gasteiger partial charge in [0.25, 0.3) is 11.8 Å². The predicted octanol–water partition coefficient (Wildman–Crippen LogP) is 5.27. The minimum atomic E-state index is -0.393. The van der Waals surface area contributed by atoms with E-state index >= 15 is 0 Å². The lowest BCUT2D eigenvalue weighted by Crippen LogP contribution is -2.35. The number of aryl methyl sites for hydroxylation is 1. The maximum absolute atomic E-state index is 13.1. The van der Waals surface area contributed by atoms with Gasteiger partial charge in [0.05, 0.1) is 7.11 Å². The first-order valence-corrected chi connectivity index (χ1v) is 11.6. The fourth-order valence-corrected chi connectivity index (χ4v) is 4.00. The number of carbonyl (C=O) groups excluding carboxylic acids is 2. The van der Waals surface area contributed by atoms with Crippen molar-refractivity contribution in [2.75, 3.05) is 13.7 Å². The van der Waals surface area contributed by atoms with Crippen molar-refractivity contribution in [3.05, 3.63) is 106 Å². The first kappa shape index (κ1) is 24.1. The Kier molecular flexibility index (Phi) is 7.53.